The second-order valence-corrected chi connectivity index (χ2v) is 8.40. The van der Waals surface area contributed by atoms with Gasteiger partial charge in [0.25, 0.3) is 0 Å². The molecule has 0 bridgehead atoms. The van der Waals surface area contributed by atoms with Gasteiger partial charge in [0.1, 0.15) is 10.4 Å². The smallest absolute Gasteiger partial charge is 0.410 e. The van der Waals surface area contributed by atoms with Crippen molar-refractivity contribution in [1.29, 1.82) is 0 Å². The number of pyridine rings is 1. The van der Waals surface area contributed by atoms with Crippen molar-refractivity contribution < 1.29 is 19.0 Å². The van der Waals surface area contributed by atoms with Crippen LogP contribution in [0.15, 0.2) is 22.9 Å². The molecule has 1 aromatic rings. The first-order chi connectivity index (χ1) is 13.0. The fourth-order valence-corrected chi connectivity index (χ4v) is 3.87. The summed E-state index contributed by atoms with van der Waals surface area (Å²) in [5.41, 5.74) is 0. The Morgan fingerprint density at radius 2 is 1.70 bits per heavy atom. The lowest BCUT2D eigenvalue weighted by molar-refractivity contribution is -0.0656. The van der Waals surface area contributed by atoms with E-state index in [1.54, 1.807) is 11.1 Å². The molecule has 1 saturated heterocycles. The van der Waals surface area contributed by atoms with Gasteiger partial charge in [0, 0.05) is 13.1 Å². The Morgan fingerprint density at radius 1 is 1.07 bits per heavy atom. The minimum atomic E-state index is -0.205. The van der Waals surface area contributed by atoms with Gasteiger partial charge in [0.05, 0.1) is 30.6 Å². The van der Waals surface area contributed by atoms with Crippen LogP contribution in [0.5, 0.6) is 5.75 Å². The molecule has 6 nitrogen and oxygen atoms in total. The van der Waals surface area contributed by atoms with Crippen LogP contribution in [0, 0.1) is 0 Å². The molecular formula is C20H29BrN2O4. The van der Waals surface area contributed by atoms with Gasteiger partial charge >= 0.3 is 6.09 Å². The minimum Gasteiger partial charge on any atom is -0.489 e. The van der Waals surface area contributed by atoms with Crippen LogP contribution < -0.4 is 4.74 Å². The van der Waals surface area contributed by atoms with Gasteiger partial charge in [-0.2, -0.15) is 0 Å². The van der Waals surface area contributed by atoms with Gasteiger partial charge in [-0.1, -0.05) is 0 Å². The zero-order valence-electron chi connectivity index (χ0n) is 16.1. The average molecular weight is 441 g/mol. The second-order valence-electron chi connectivity index (χ2n) is 7.59. The van der Waals surface area contributed by atoms with Crippen LogP contribution in [0.2, 0.25) is 0 Å². The number of ether oxygens (including phenoxy) is 3. The SMILES string of the molecule is CC(C)OC(=O)N1CCC(OC2CCC(Oc3ccc(Br)nc3)CC2)CC1. The van der Waals surface area contributed by atoms with E-state index in [4.69, 9.17) is 14.2 Å². The van der Waals surface area contributed by atoms with E-state index in [1.165, 1.54) is 0 Å². The molecule has 1 aliphatic heterocycles. The number of aromatic nitrogens is 1. The van der Waals surface area contributed by atoms with Crippen LogP contribution in [0.1, 0.15) is 52.4 Å². The summed E-state index contributed by atoms with van der Waals surface area (Å²) in [6, 6.07) is 3.84. The highest BCUT2D eigenvalue weighted by Crippen LogP contribution is 2.28. The summed E-state index contributed by atoms with van der Waals surface area (Å²) >= 11 is 3.34. The van der Waals surface area contributed by atoms with Crippen LogP contribution in [0.25, 0.3) is 0 Å². The number of hydrogen-bond acceptors (Lipinski definition) is 5. The molecule has 0 spiro atoms. The van der Waals surface area contributed by atoms with Gasteiger partial charge in [-0.3, -0.25) is 0 Å². The lowest BCUT2D eigenvalue weighted by Crippen LogP contribution is -2.43. The summed E-state index contributed by atoms with van der Waals surface area (Å²) in [5.74, 6) is 0.822. The molecule has 0 radical (unpaired) electrons. The molecule has 0 atom stereocenters. The summed E-state index contributed by atoms with van der Waals surface area (Å²) in [7, 11) is 0. The van der Waals surface area contributed by atoms with E-state index in [-0.39, 0.29) is 24.4 Å². The number of amides is 1. The number of halogens is 1. The molecule has 2 aliphatic rings. The average Bonchev–Trinajstić information content (AvgIpc) is 2.65. The van der Waals surface area contributed by atoms with Crippen molar-refractivity contribution in [2.24, 2.45) is 0 Å². The third kappa shape index (κ3) is 6.35. The lowest BCUT2D eigenvalue weighted by atomic mass is 9.94. The van der Waals surface area contributed by atoms with Crippen molar-refractivity contribution in [3.8, 4) is 5.75 Å². The number of hydrogen-bond donors (Lipinski definition) is 0. The maximum Gasteiger partial charge on any atom is 0.410 e. The standard InChI is InChI=1S/C20H29BrN2O4/c1-14(2)25-20(24)23-11-9-17(10-12-23)26-15-3-5-16(6-4-15)27-18-7-8-19(21)22-13-18/h7-8,13-17H,3-6,9-12H2,1-2H3. The van der Waals surface area contributed by atoms with Crippen molar-refractivity contribution in [2.75, 3.05) is 13.1 Å². The molecule has 0 N–H and O–H groups in total. The minimum absolute atomic E-state index is 0.0722. The molecule has 1 amide bonds. The topological polar surface area (TPSA) is 60.9 Å². The number of carbonyl (C=O) groups excluding carboxylic acids is 1. The summed E-state index contributed by atoms with van der Waals surface area (Å²) in [6.45, 7) is 5.18. The Morgan fingerprint density at radius 3 is 2.30 bits per heavy atom. The largest absolute Gasteiger partial charge is 0.489 e. The predicted molar refractivity (Wildman–Crippen MR) is 106 cm³/mol. The van der Waals surface area contributed by atoms with Crippen LogP contribution >= 0.6 is 15.9 Å². The molecule has 0 aromatic carbocycles. The quantitative estimate of drug-likeness (QED) is 0.627. The second kappa shape index (κ2) is 9.73. The third-order valence-corrected chi connectivity index (χ3v) is 5.51. The van der Waals surface area contributed by atoms with Crippen molar-refractivity contribution in [3.63, 3.8) is 0 Å². The van der Waals surface area contributed by atoms with Crippen molar-refractivity contribution in [1.82, 2.24) is 9.88 Å². The monoisotopic (exact) mass is 440 g/mol. The molecule has 27 heavy (non-hydrogen) atoms. The number of nitrogens with zero attached hydrogens (tertiary/aromatic N) is 2. The molecule has 1 aliphatic carbocycles. The molecule has 2 fully saturated rings. The number of likely N-dealkylation sites (tertiary alicyclic amines) is 1. The van der Waals surface area contributed by atoms with Gasteiger partial charge in [0.2, 0.25) is 0 Å². The normalized spacial score (nSPS) is 24.1. The maximum atomic E-state index is 12.0. The van der Waals surface area contributed by atoms with Crippen molar-refractivity contribution in [2.45, 2.75) is 76.8 Å². The summed E-state index contributed by atoms with van der Waals surface area (Å²) < 4.78 is 18.4. The zero-order chi connectivity index (χ0) is 19.2. The summed E-state index contributed by atoms with van der Waals surface area (Å²) in [6.07, 6.45) is 8.06. The van der Waals surface area contributed by atoms with Crippen LogP contribution in [0.3, 0.4) is 0 Å². The molecule has 2 heterocycles. The highest BCUT2D eigenvalue weighted by molar-refractivity contribution is 9.10. The van der Waals surface area contributed by atoms with Gasteiger partial charge < -0.3 is 19.1 Å². The molecule has 1 saturated carbocycles. The van der Waals surface area contributed by atoms with E-state index in [0.717, 1.165) is 48.9 Å². The van der Waals surface area contributed by atoms with Gasteiger partial charge in [-0.25, -0.2) is 9.78 Å². The summed E-state index contributed by atoms with van der Waals surface area (Å²) in [5, 5.41) is 0. The van der Waals surface area contributed by atoms with Crippen molar-refractivity contribution in [3.05, 3.63) is 22.9 Å². The van der Waals surface area contributed by atoms with Gasteiger partial charge in [-0.05, 0) is 80.4 Å². The van der Waals surface area contributed by atoms with E-state index in [0.29, 0.717) is 19.2 Å². The fraction of sp³-hybridized carbons (Fsp3) is 0.700. The molecule has 1 aromatic heterocycles. The highest BCUT2D eigenvalue weighted by Gasteiger charge is 2.29. The Hall–Kier alpha value is -1.34. The first-order valence-corrected chi connectivity index (χ1v) is 10.7. The number of piperidine rings is 1. The molecule has 7 heteroatoms. The zero-order valence-corrected chi connectivity index (χ0v) is 17.7. The predicted octanol–water partition coefficient (Wildman–Crippen LogP) is 4.56. The molecular weight excluding hydrogens is 412 g/mol. The van der Waals surface area contributed by atoms with Crippen LogP contribution in [0.4, 0.5) is 4.79 Å². The lowest BCUT2D eigenvalue weighted by Gasteiger charge is -2.36. The van der Waals surface area contributed by atoms with E-state index < -0.39 is 0 Å². The number of carbonyl (C=O) groups is 1. The maximum absolute atomic E-state index is 12.0. The van der Waals surface area contributed by atoms with Gasteiger partial charge in [0.15, 0.2) is 0 Å². The van der Waals surface area contributed by atoms with E-state index in [1.807, 2.05) is 26.0 Å². The molecule has 3 rings (SSSR count). The first-order valence-electron chi connectivity index (χ1n) is 9.89. The third-order valence-electron chi connectivity index (χ3n) is 5.05. The van der Waals surface area contributed by atoms with Gasteiger partial charge in [-0.15, -0.1) is 0 Å². The van der Waals surface area contributed by atoms with Crippen LogP contribution in [-0.4, -0.2) is 53.5 Å². The fourth-order valence-electron chi connectivity index (χ4n) is 3.63. The Kier molecular flexibility index (Phi) is 7.35. The van der Waals surface area contributed by atoms with Crippen molar-refractivity contribution >= 4 is 22.0 Å². The highest BCUT2D eigenvalue weighted by atomic mass is 79.9. The van der Waals surface area contributed by atoms with E-state index in [2.05, 4.69) is 20.9 Å². The first kappa shape index (κ1) is 20.4. The Labute approximate surface area is 169 Å². The molecule has 0 unspecified atom stereocenters. The Bertz CT molecular complexity index is 595. The van der Waals surface area contributed by atoms with E-state index >= 15 is 0 Å². The van der Waals surface area contributed by atoms with Crippen LogP contribution in [-0.2, 0) is 9.47 Å². The van der Waals surface area contributed by atoms with E-state index in [9.17, 15) is 4.79 Å². The summed E-state index contributed by atoms with van der Waals surface area (Å²) in [4.78, 5) is 17.9. The Balaban J connectivity index is 1.35. The molecule has 150 valence electrons. The number of rotatable bonds is 5.